The predicted molar refractivity (Wildman–Crippen MR) is 93.9 cm³/mol. The van der Waals surface area contributed by atoms with Crippen LogP contribution in [0.3, 0.4) is 0 Å². The first kappa shape index (κ1) is 16.8. The van der Waals surface area contributed by atoms with Crippen molar-refractivity contribution in [2.24, 2.45) is 0 Å². The molecule has 1 fully saturated rings. The minimum absolute atomic E-state index is 0.0919. The van der Waals surface area contributed by atoms with Crippen molar-refractivity contribution in [1.82, 2.24) is 20.2 Å². The normalized spacial score (nSPS) is 22.5. The molecule has 6 nitrogen and oxygen atoms in total. The van der Waals surface area contributed by atoms with Gasteiger partial charge in [-0.15, -0.1) is 0 Å². The van der Waals surface area contributed by atoms with Crippen molar-refractivity contribution in [3.8, 4) is 0 Å². The number of nitrogens with one attached hydrogen (secondary N) is 2. The molecule has 1 aliphatic heterocycles. The zero-order chi connectivity index (χ0) is 17.3. The van der Waals surface area contributed by atoms with Crippen molar-refractivity contribution < 1.29 is 9.53 Å². The van der Waals surface area contributed by atoms with Crippen LogP contribution in [0, 0.1) is 0 Å². The summed E-state index contributed by atoms with van der Waals surface area (Å²) in [5.41, 5.74) is 1.54. The number of aromatic amines is 1. The maximum Gasteiger partial charge on any atom is 0.407 e. The lowest BCUT2D eigenvalue weighted by Crippen LogP contribution is -2.46. The lowest BCUT2D eigenvalue weighted by molar-refractivity contribution is 0.0460. The fraction of sp³-hybridized carbons (Fsp3) is 0.556. The van der Waals surface area contributed by atoms with Gasteiger partial charge in [-0.25, -0.2) is 9.78 Å². The van der Waals surface area contributed by atoms with Gasteiger partial charge in [-0.3, -0.25) is 4.90 Å². The maximum absolute atomic E-state index is 12.0. The van der Waals surface area contributed by atoms with E-state index in [9.17, 15) is 4.79 Å². The first-order valence-electron chi connectivity index (χ1n) is 8.46. The van der Waals surface area contributed by atoms with Gasteiger partial charge in [-0.05, 0) is 52.8 Å². The molecule has 1 aromatic carbocycles. The number of aromatic nitrogens is 2. The Bertz CT molecular complexity index is 686. The Hall–Kier alpha value is -2.08. The molecule has 0 unspecified atom stereocenters. The molecule has 130 valence electrons. The summed E-state index contributed by atoms with van der Waals surface area (Å²) in [6.07, 6.45) is 1.38. The lowest BCUT2D eigenvalue weighted by Gasteiger charge is -2.36. The number of nitrogens with zero attached hydrogens (tertiary/aromatic N) is 2. The Labute approximate surface area is 142 Å². The number of likely N-dealkylation sites (tertiary alicyclic amines) is 1. The fourth-order valence-corrected chi connectivity index (χ4v) is 3.14. The number of imidazole rings is 1. The molecule has 2 heterocycles. The van der Waals surface area contributed by atoms with Crippen LogP contribution in [0.2, 0.25) is 0 Å². The number of H-pyrrole nitrogens is 1. The van der Waals surface area contributed by atoms with Crippen LogP contribution in [0.25, 0.3) is 11.0 Å². The van der Waals surface area contributed by atoms with Crippen LogP contribution in [0.5, 0.6) is 0 Å². The Morgan fingerprint density at radius 3 is 2.83 bits per heavy atom. The number of piperidine rings is 1. The molecule has 1 amide bonds. The monoisotopic (exact) mass is 330 g/mol. The molecule has 2 aromatic rings. The van der Waals surface area contributed by atoms with Crippen LogP contribution in [-0.4, -0.2) is 46.2 Å². The molecular formula is C18H26N4O2. The largest absolute Gasteiger partial charge is 0.444 e. The third-order valence-corrected chi connectivity index (χ3v) is 4.31. The van der Waals surface area contributed by atoms with Crippen molar-refractivity contribution in [3.63, 3.8) is 0 Å². The molecule has 1 aliphatic rings. The minimum Gasteiger partial charge on any atom is -0.444 e. The number of benzene rings is 1. The van der Waals surface area contributed by atoms with Crippen molar-refractivity contribution >= 4 is 17.1 Å². The highest BCUT2D eigenvalue weighted by Crippen LogP contribution is 2.29. The number of rotatable bonds is 2. The second kappa shape index (κ2) is 6.43. The maximum atomic E-state index is 12.0. The Balaban J connectivity index is 1.70. The zero-order valence-electron chi connectivity index (χ0n) is 14.8. The number of amides is 1. The molecule has 0 radical (unpaired) electrons. The number of hydrogen-bond donors (Lipinski definition) is 2. The van der Waals surface area contributed by atoms with Gasteiger partial charge in [0.25, 0.3) is 0 Å². The molecule has 1 saturated heterocycles. The Morgan fingerprint density at radius 1 is 1.38 bits per heavy atom. The van der Waals surface area contributed by atoms with Gasteiger partial charge in [0.2, 0.25) is 0 Å². The second-order valence-electron chi connectivity index (χ2n) is 7.50. The van der Waals surface area contributed by atoms with E-state index in [1.54, 1.807) is 0 Å². The summed E-state index contributed by atoms with van der Waals surface area (Å²) >= 11 is 0. The highest BCUT2D eigenvalue weighted by molar-refractivity contribution is 5.74. The molecular weight excluding hydrogens is 304 g/mol. The van der Waals surface area contributed by atoms with Gasteiger partial charge in [0.05, 0.1) is 17.1 Å². The third kappa shape index (κ3) is 3.87. The van der Waals surface area contributed by atoms with Crippen LogP contribution in [0.4, 0.5) is 4.79 Å². The highest BCUT2D eigenvalue weighted by Gasteiger charge is 2.31. The Kier molecular flexibility index (Phi) is 4.49. The molecule has 2 atom stereocenters. The van der Waals surface area contributed by atoms with Gasteiger partial charge in [-0.2, -0.15) is 0 Å². The van der Waals surface area contributed by atoms with Crippen molar-refractivity contribution in [1.29, 1.82) is 0 Å². The number of para-hydroxylation sites is 2. The quantitative estimate of drug-likeness (QED) is 0.887. The number of alkyl carbamates (subject to hydrolysis) is 1. The fourth-order valence-electron chi connectivity index (χ4n) is 3.14. The molecule has 0 spiro atoms. The smallest absolute Gasteiger partial charge is 0.407 e. The minimum atomic E-state index is -0.478. The number of carbonyl (C=O) groups excluding carboxylic acids is 1. The molecule has 24 heavy (non-hydrogen) atoms. The average Bonchev–Trinajstić information content (AvgIpc) is 2.91. The van der Waals surface area contributed by atoms with E-state index in [4.69, 9.17) is 9.72 Å². The van der Waals surface area contributed by atoms with E-state index in [1.807, 2.05) is 45.0 Å². The van der Waals surface area contributed by atoms with Gasteiger partial charge < -0.3 is 15.0 Å². The second-order valence-corrected chi connectivity index (χ2v) is 7.50. The average molecular weight is 330 g/mol. The summed E-state index contributed by atoms with van der Waals surface area (Å²) in [5.74, 6) is 0.953. The first-order valence-corrected chi connectivity index (χ1v) is 8.46. The van der Waals surface area contributed by atoms with E-state index in [0.717, 1.165) is 36.2 Å². The van der Waals surface area contributed by atoms with Crippen LogP contribution < -0.4 is 5.32 Å². The van der Waals surface area contributed by atoms with E-state index in [1.165, 1.54) is 0 Å². The number of carbonyl (C=O) groups is 1. The molecule has 2 N–H and O–H groups in total. The summed E-state index contributed by atoms with van der Waals surface area (Å²) in [6.45, 7) is 6.53. The van der Waals surface area contributed by atoms with Crippen LogP contribution in [-0.2, 0) is 4.74 Å². The van der Waals surface area contributed by atoms with Crippen molar-refractivity contribution in [3.05, 3.63) is 30.1 Å². The Morgan fingerprint density at radius 2 is 2.12 bits per heavy atom. The molecule has 0 saturated carbocycles. The standard InChI is InChI=1S/C18H26N4O2/c1-18(2,3)24-17(23)19-12-9-10-22(4)15(11-12)16-20-13-7-5-6-8-14(13)21-16/h5-8,12,15H,9-11H2,1-4H3,(H,19,23)(H,20,21)/t12-,15-/m1/s1. The molecule has 1 aromatic heterocycles. The van der Waals surface area contributed by atoms with Crippen molar-refractivity contribution in [2.45, 2.75) is 51.3 Å². The van der Waals surface area contributed by atoms with E-state index < -0.39 is 5.60 Å². The number of ether oxygens (including phenoxy) is 1. The van der Waals surface area contributed by atoms with Crippen LogP contribution >= 0.6 is 0 Å². The molecule has 0 bridgehead atoms. The summed E-state index contributed by atoms with van der Waals surface area (Å²) in [7, 11) is 2.10. The molecule has 6 heteroatoms. The van der Waals surface area contributed by atoms with Crippen LogP contribution in [0.15, 0.2) is 24.3 Å². The zero-order valence-corrected chi connectivity index (χ0v) is 14.8. The van der Waals surface area contributed by atoms with Gasteiger partial charge in [-0.1, -0.05) is 12.1 Å². The van der Waals surface area contributed by atoms with E-state index in [2.05, 4.69) is 22.2 Å². The number of hydrogen-bond acceptors (Lipinski definition) is 4. The first-order chi connectivity index (χ1) is 11.3. The molecule has 0 aliphatic carbocycles. The summed E-state index contributed by atoms with van der Waals surface area (Å²) in [5, 5.41) is 3.00. The lowest BCUT2D eigenvalue weighted by atomic mass is 9.97. The predicted octanol–water partition coefficient (Wildman–Crippen LogP) is 3.22. The SMILES string of the molecule is CN1CC[C@@H](NC(=O)OC(C)(C)C)C[C@@H]1c1nc2ccccc2[nH]1. The number of fused-ring (bicyclic) bond motifs is 1. The van der Waals surface area contributed by atoms with Gasteiger partial charge >= 0.3 is 6.09 Å². The van der Waals surface area contributed by atoms with Crippen LogP contribution in [0.1, 0.15) is 45.5 Å². The van der Waals surface area contributed by atoms with E-state index in [0.29, 0.717) is 0 Å². The van der Waals surface area contributed by atoms with E-state index >= 15 is 0 Å². The van der Waals surface area contributed by atoms with Gasteiger partial charge in [0.1, 0.15) is 11.4 Å². The third-order valence-electron chi connectivity index (χ3n) is 4.31. The highest BCUT2D eigenvalue weighted by atomic mass is 16.6. The van der Waals surface area contributed by atoms with Gasteiger partial charge in [0.15, 0.2) is 0 Å². The summed E-state index contributed by atoms with van der Waals surface area (Å²) in [4.78, 5) is 22.4. The van der Waals surface area contributed by atoms with E-state index in [-0.39, 0.29) is 18.2 Å². The summed E-state index contributed by atoms with van der Waals surface area (Å²) in [6, 6.07) is 8.28. The molecule has 3 rings (SSSR count). The van der Waals surface area contributed by atoms with Crippen molar-refractivity contribution in [2.75, 3.05) is 13.6 Å². The summed E-state index contributed by atoms with van der Waals surface area (Å²) < 4.78 is 5.37. The topological polar surface area (TPSA) is 70.2 Å². The van der Waals surface area contributed by atoms with Gasteiger partial charge in [0, 0.05) is 12.6 Å².